The second-order valence-corrected chi connectivity index (χ2v) is 12.3. The maximum atomic E-state index is 13.9. The van der Waals surface area contributed by atoms with Gasteiger partial charge in [0.25, 0.3) is 5.91 Å². The Hall–Kier alpha value is -4.34. The number of likely N-dealkylation sites (N-methyl/N-ethyl adjacent to an activating group) is 2. The van der Waals surface area contributed by atoms with Gasteiger partial charge in [0, 0.05) is 67.0 Å². The van der Waals surface area contributed by atoms with Gasteiger partial charge in [-0.15, -0.1) is 11.3 Å². The van der Waals surface area contributed by atoms with Crippen LogP contribution in [0.2, 0.25) is 0 Å². The number of fused-ring (bicyclic) bond motifs is 1. The molecule has 0 saturated heterocycles. The standard InChI is InChI=1S/C33H41F3N8O3S/c1-6-11-38-32(47)41-28-17-22(31-40-27(20-48-31)33(34,35)36)24(18-39-28)21-9-10-26-23(16-21)29(45)25(30(46)37-12-13-42(4)5)19-44(26)15-14-43(7-2)8-3/h9-10,16-20H,6-8,11-15H2,1-5H3,(H,37,46)(H2,38,39,41,47). The lowest BCUT2D eigenvalue weighted by Gasteiger charge is -2.21. The molecule has 3 amide bonds. The molecule has 0 fully saturated rings. The fraction of sp³-hybridized carbons (Fsp3) is 0.424. The van der Waals surface area contributed by atoms with Crippen LogP contribution in [0.5, 0.6) is 0 Å². The quantitative estimate of drug-likeness (QED) is 0.163. The smallest absolute Gasteiger partial charge is 0.351 e. The summed E-state index contributed by atoms with van der Waals surface area (Å²) in [6.45, 7) is 10.3. The second kappa shape index (κ2) is 16.2. The largest absolute Gasteiger partial charge is 0.434 e. The lowest BCUT2D eigenvalue weighted by molar-refractivity contribution is -0.140. The Kier molecular flexibility index (Phi) is 12.3. The molecular formula is C33H41F3N8O3S. The van der Waals surface area contributed by atoms with E-state index >= 15 is 0 Å². The van der Waals surface area contributed by atoms with Gasteiger partial charge in [0.05, 0.1) is 5.52 Å². The van der Waals surface area contributed by atoms with Gasteiger partial charge in [-0.3, -0.25) is 14.9 Å². The number of aromatic nitrogens is 3. The predicted octanol–water partition coefficient (Wildman–Crippen LogP) is 5.37. The maximum absolute atomic E-state index is 13.9. The Balaban J connectivity index is 1.86. The van der Waals surface area contributed by atoms with Gasteiger partial charge in [0.15, 0.2) is 5.69 Å². The van der Waals surface area contributed by atoms with Gasteiger partial charge in [0.2, 0.25) is 5.43 Å². The number of thiazole rings is 1. The van der Waals surface area contributed by atoms with Crippen molar-refractivity contribution in [1.82, 2.24) is 35.0 Å². The van der Waals surface area contributed by atoms with Crippen molar-refractivity contribution in [1.29, 1.82) is 0 Å². The number of carbonyl (C=O) groups excluding carboxylic acids is 2. The molecule has 4 rings (SSSR count). The third-order valence-electron chi connectivity index (χ3n) is 7.74. The Morgan fingerprint density at radius 1 is 1.00 bits per heavy atom. The van der Waals surface area contributed by atoms with E-state index in [0.29, 0.717) is 55.8 Å². The van der Waals surface area contributed by atoms with Crippen LogP contribution in [0.1, 0.15) is 43.2 Å². The summed E-state index contributed by atoms with van der Waals surface area (Å²) in [6.07, 6.45) is -0.921. The molecule has 3 aromatic heterocycles. The minimum Gasteiger partial charge on any atom is -0.351 e. The summed E-state index contributed by atoms with van der Waals surface area (Å²) in [5.74, 6) is -0.380. The van der Waals surface area contributed by atoms with E-state index in [9.17, 15) is 27.6 Å². The van der Waals surface area contributed by atoms with E-state index < -0.39 is 29.2 Å². The zero-order valence-electron chi connectivity index (χ0n) is 27.7. The number of anilines is 1. The summed E-state index contributed by atoms with van der Waals surface area (Å²) >= 11 is 0.804. The molecule has 0 bridgehead atoms. The Bertz CT molecular complexity index is 1800. The van der Waals surface area contributed by atoms with Gasteiger partial charge in [-0.05, 0) is 57.4 Å². The summed E-state index contributed by atoms with van der Waals surface area (Å²) in [6, 6.07) is 6.10. The molecule has 4 aromatic rings. The van der Waals surface area contributed by atoms with E-state index in [0.717, 1.165) is 29.8 Å². The highest BCUT2D eigenvalue weighted by Crippen LogP contribution is 2.39. The first-order valence-corrected chi connectivity index (χ1v) is 16.6. The molecule has 258 valence electrons. The van der Waals surface area contributed by atoms with Crippen molar-refractivity contribution in [2.75, 3.05) is 58.7 Å². The van der Waals surface area contributed by atoms with Crippen molar-refractivity contribution in [2.45, 2.75) is 39.9 Å². The highest BCUT2D eigenvalue weighted by Gasteiger charge is 2.34. The summed E-state index contributed by atoms with van der Waals surface area (Å²) in [5.41, 5.74) is 0.249. The SMILES string of the molecule is CCCNC(=O)Nc1cc(-c2nc(C(F)(F)F)cs2)c(-c2ccc3c(c2)c(=O)c(C(=O)NCCN(C)C)cn3CCN(CC)CC)cn1. The molecule has 15 heteroatoms. The van der Waals surface area contributed by atoms with Crippen LogP contribution < -0.4 is 21.4 Å². The van der Waals surface area contributed by atoms with E-state index in [1.807, 2.05) is 30.5 Å². The molecule has 0 aliphatic heterocycles. The van der Waals surface area contributed by atoms with Crippen LogP contribution >= 0.6 is 11.3 Å². The van der Waals surface area contributed by atoms with Crippen LogP contribution in [-0.2, 0) is 12.7 Å². The molecule has 3 N–H and O–H groups in total. The Morgan fingerprint density at radius 3 is 2.40 bits per heavy atom. The minimum absolute atomic E-state index is 0.0105. The third kappa shape index (κ3) is 8.96. The third-order valence-corrected chi connectivity index (χ3v) is 8.61. The van der Waals surface area contributed by atoms with Crippen molar-refractivity contribution in [3.05, 3.63) is 63.5 Å². The lowest BCUT2D eigenvalue weighted by atomic mass is 9.99. The van der Waals surface area contributed by atoms with E-state index in [1.54, 1.807) is 24.4 Å². The molecule has 0 unspecified atom stereocenters. The molecule has 48 heavy (non-hydrogen) atoms. The van der Waals surface area contributed by atoms with Gasteiger partial charge >= 0.3 is 12.2 Å². The summed E-state index contributed by atoms with van der Waals surface area (Å²) < 4.78 is 42.5. The summed E-state index contributed by atoms with van der Waals surface area (Å²) in [5, 5.41) is 9.37. The topological polar surface area (TPSA) is 124 Å². The number of halogens is 3. The van der Waals surface area contributed by atoms with Crippen LogP contribution in [0.3, 0.4) is 0 Å². The van der Waals surface area contributed by atoms with Crippen LogP contribution in [-0.4, -0.2) is 89.6 Å². The number of pyridine rings is 2. The Morgan fingerprint density at radius 2 is 1.75 bits per heavy atom. The number of alkyl halides is 3. The summed E-state index contributed by atoms with van der Waals surface area (Å²) in [7, 11) is 3.76. The number of carbonyl (C=O) groups is 2. The van der Waals surface area contributed by atoms with Gasteiger partial charge in [0.1, 0.15) is 16.4 Å². The van der Waals surface area contributed by atoms with Gasteiger partial charge in [-0.1, -0.05) is 26.8 Å². The van der Waals surface area contributed by atoms with Gasteiger partial charge in [-0.2, -0.15) is 13.2 Å². The molecule has 0 aliphatic carbocycles. The number of urea groups is 1. The molecule has 0 aliphatic rings. The van der Waals surface area contributed by atoms with E-state index in [-0.39, 0.29) is 27.3 Å². The number of hydrogen-bond donors (Lipinski definition) is 3. The fourth-order valence-corrected chi connectivity index (χ4v) is 5.90. The van der Waals surface area contributed by atoms with Crippen molar-refractivity contribution in [3.8, 4) is 21.7 Å². The van der Waals surface area contributed by atoms with Crippen molar-refractivity contribution in [3.63, 3.8) is 0 Å². The van der Waals surface area contributed by atoms with Crippen LogP contribution in [0.25, 0.3) is 32.6 Å². The maximum Gasteiger partial charge on any atom is 0.434 e. The highest BCUT2D eigenvalue weighted by molar-refractivity contribution is 7.13. The first-order chi connectivity index (χ1) is 22.9. The van der Waals surface area contributed by atoms with Crippen molar-refractivity contribution < 1.29 is 22.8 Å². The van der Waals surface area contributed by atoms with Gasteiger partial charge in [-0.25, -0.2) is 14.8 Å². The molecule has 0 spiro atoms. The lowest BCUT2D eigenvalue weighted by Crippen LogP contribution is -2.35. The minimum atomic E-state index is -4.65. The highest BCUT2D eigenvalue weighted by atomic mass is 32.1. The van der Waals surface area contributed by atoms with E-state index in [4.69, 9.17) is 0 Å². The molecule has 11 nitrogen and oxygen atoms in total. The van der Waals surface area contributed by atoms with E-state index in [1.165, 1.54) is 12.3 Å². The number of rotatable bonds is 14. The predicted molar refractivity (Wildman–Crippen MR) is 184 cm³/mol. The second-order valence-electron chi connectivity index (χ2n) is 11.4. The average Bonchev–Trinajstić information content (AvgIpc) is 3.56. The zero-order valence-corrected chi connectivity index (χ0v) is 28.5. The van der Waals surface area contributed by atoms with Crippen molar-refractivity contribution in [2.24, 2.45) is 0 Å². The molecule has 0 radical (unpaired) electrons. The normalized spacial score (nSPS) is 11.8. The molecular weight excluding hydrogens is 645 g/mol. The van der Waals surface area contributed by atoms with Crippen LogP contribution in [0, 0.1) is 0 Å². The molecule has 0 atom stereocenters. The molecule has 0 saturated carbocycles. The number of nitrogens with one attached hydrogen (secondary N) is 3. The first-order valence-electron chi connectivity index (χ1n) is 15.8. The van der Waals surface area contributed by atoms with Crippen LogP contribution in [0.15, 0.2) is 46.8 Å². The average molecular weight is 687 g/mol. The zero-order chi connectivity index (χ0) is 35.0. The molecule has 3 heterocycles. The Labute approximate surface area is 281 Å². The van der Waals surface area contributed by atoms with Gasteiger partial charge < -0.3 is 25.0 Å². The number of amides is 3. The summed E-state index contributed by atoms with van der Waals surface area (Å²) in [4.78, 5) is 51.8. The van der Waals surface area contributed by atoms with Crippen LogP contribution in [0.4, 0.5) is 23.8 Å². The van der Waals surface area contributed by atoms with E-state index in [2.05, 4.69) is 44.7 Å². The monoisotopic (exact) mass is 686 g/mol. The first kappa shape index (κ1) is 36.5. The molecule has 1 aromatic carbocycles. The number of benzene rings is 1. The number of nitrogens with zero attached hydrogens (tertiary/aromatic N) is 5. The fourth-order valence-electron chi connectivity index (χ4n) is 5.05. The van der Waals surface area contributed by atoms with Crippen molar-refractivity contribution >= 4 is 40.0 Å². The number of hydrogen-bond acceptors (Lipinski definition) is 8.